The van der Waals surface area contributed by atoms with Crippen LogP contribution in [0.2, 0.25) is 0 Å². The molecular formula is C15H19N3O3. The number of rotatable bonds is 8. The molecule has 6 nitrogen and oxygen atoms in total. The van der Waals surface area contributed by atoms with Gasteiger partial charge in [-0.2, -0.15) is 5.26 Å². The first-order valence-electron chi connectivity index (χ1n) is 6.45. The zero-order valence-electron chi connectivity index (χ0n) is 12.2. The second-order valence-corrected chi connectivity index (χ2v) is 4.11. The number of ether oxygens (including phenoxy) is 2. The van der Waals surface area contributed by atoms with Crippen LogP contribution in [0.5, 0.6) is 5.75 Å². The highest BCUT2D eigenvalue weighted by Gasteiger charge is 2.07. The molecule has 0 fully saturated rings. The van der Waals surface area contributed by atoms with Gasteiger partial charge in [0.2, 0.25) is 0 Å². The molecule has 1 amide bonds. The molecule has 0 spiro atoms. The summed E-state index contributed by atoms with van der Waals surface area (Å²) >= 11 is 0. The van der Waals surface area contributed by atoms with Gasteiger partial charge in [0.05, 0.1) is 13.7 Å². The summed E-state index contributed by atoms with van der Waals surface area (Å²) in [4.78, 5) is 11.7. The van der Waals surface area contributed by atoms with Crippen LogP contribution in [0.4, 0.5) is 0 Å². The van der Waals surface area contributed by atoms with Crippen LogP contribution in [-0.4, -0.2) is 33.3 Å². The van der Waals surface area contributed by atoms with Gasteiger partial charge >= 0.3 is 0 Å². The number of hydrogen-bond acceptors (Lipinski definition) is 5. The Kier molecular flexibility index (Phi) is 7.40. The van der Waals surface area contributed by atoms with E-state index in [1.165, 1.54) is 6.20 Å². The van der Waals surface area contributed by atoms with Crippen molar-refractivity contribution in [3.05, 3.63) is 41.6 Å². The molecule has 0 aliphatic heterocycles. The lowest BCUT2D eigenvalue weighted by atomic mass is 10.2. The SMILES string of the molecule is COCCNC(=O)/C(C#N)=C\NCc1ccccc1OC. The molecule has 0 saturated heterocycles. The molecule has 1 aromatic carbocycles. The van der Waals surface area contributed by atoms with Crippen molar-refractivity contribution in [1.82, 2.24) is 10.6 Å². The van der Waals surface area contributed by atoms with E-state index in [0.29, 0.717) is 19.7 Å². The number of para-hydroxylation sites is 1. The third-order valence-electron chi connectivity index (χ3n) is 2.69. The Morgan fingerprint density at radius 1 is 1.38 bits per heavy atom. The average molecular weight is 289 g/mol. The molecule has 1 rings (SSSR count). The fourth-order valence-corrected chi connectivity index (χ4v) is 1.62. The van der Waals surface area contributed by atoms with Gasteiger partial charge < -0.3 is 20.1 Å². The summed E-state index contributed by atoms with van der Waals surface area (Å²) in [5.41, 5.74) is 0.953. The summed E-state index contributed by atoms with van der Waals surface area (Å²) in [7, 11) is 3.14. The molecule has 0 heterocycles. The van der Waals surface area contributed by atoms with Crippen LogP contribution in [-0.2, 0) is 16.1 Å². The molecule has 0 atom stereocenters. The molecule has 21 heavy (non-hydrogen) atoms. The molecule has 0 aliphatic rings. The predicted molar refractivity (Wildman–Crippen MR) is 78.4 cm³/mol. The number of nitrogens with one attached hydrogen (secondary N) is 2. The van der Waals surface area contributed by atoms with Crippen molar-refractivity contribution in [1.29, 1.82) is 5.26 Å². The summed E-state index contributed by atoms with van der Waals surface area (Å²) in [6, 6.07) is 9.39. The monoisotopic (exact) mass is 289 g/mol. The van der Waals surface area contributed by atoms with Crippen molar-refractivity contribution >= 4 is 5.91 Å². The third-order valence-corrected chi connectivity index (χ3v) is 2.69. The standard InChI is InChI=1S/C15H19N3O3/c1-20-8-7-18-15(19)13(9-16)11-17-10-12-5-3-4-6-14(12)21-2/h3-6,11,17H,7-8,10H2,1-2H3,(H,18,19)/b13-11-. The molecule has 6 heteroatoms. The molecule has 0 aliphatic carbocycles. The topological polar surface area (TPSA) is 83.4 Å². The second-order valence-electron chi connectivity index (χ2n) is 4.11. The van der Waals surface area contributed by atoms with Crippen molar-refractivity contribution < 1.29 is 14.3 Å². The number of nitrogens with zero attached hydrogens (tertiary/aromatic N) is 1. The van der Waals surface area contributed by atoms with E-state index in [-0.39, 0.29) is 5.57 Å². The summed E-state index contributed by atoms with van der Waals surface area (Å²) < 4.78 is 10.0. The van der Waals surface area contributed by atoms with Crippen molar-refractivity contribution in [2.45, 2.75) is 6.54 Å². The van der Waals surface area contributed by atoms with Crippen molar-refractivity contribution in [3.8, 4) is 11.8 Å². The van der Waals surface area contributed by atoms with Gasteiger partial charge in [-0.3, -0.25) is 4.79 Å². The number of benzene rings is 1. The zero-order valence-corrected chi connectivity index (χ0v) is 12.2. The maximum Gasteiger partial charge on any atom is 0.263 e. The quantitative estimate of drug-likeness (QED) is 0.423. The van der Waals surface area contributed by atoms with Crippen molar-refractivity contribution in [2.75, 3.05) is 27.4 Å². The van der Waals surface area contributed by atoms with Gasteiger partial charge in [0.15, 0.2) is 0 Å². The summed E-state index contributed by atoms with van der Waals surface area (Å²) in [5, 5.41) is 14.5. The van der Waals surface area contributed by atoms with Crippen LogP contribution in [0.15, 0.2) is 36.0 Å². The largest absolute Gasteiger partial charge is 0.496 e. The van der Waals surface area contributed by atoms with E-state index < -0.39 is 5.91 Å². The highest BCUT2D eigenvalue weighted by Crippen LogP contribution is 2.16. The minimum absolute atomic E-state index is 0.0148. The van der Waals surface area contributed by atoms with Crippen LogP contribution in [0.25, 0.3) is 0 Å². The molecule has 0 unspecified atom stereocenters. The van der Waals surface area contributed by atoms with E-state index in [2.05, 4.69) is 10.6 Å². The van der Waals surface area contributed by atoms with E-state index in [1.807, 2.05) is 30.3 Å². The third kappa shape index (κ3) is 5.55. The Labute approximate surface area is 124 Å². The first-order valence-corrected chi connectivity index (χ1v) is 6.45. The van der Waals surface area contributed by atoms with Gasteiger partial charge in [-0.25, -0.2) is 0 Å². The zero-order chi connectivity index (χ0) is 15.5. The normalized spacial score (nSPS) is 10.6. The van der Waals surface area contributed by atoms with Gasteiger partial charge in [-0.1, -0.05) is 18.2 Å². The predicted octanol–water partition coefficient (Wildman–Crippen LogP) is 0.955. The van der Waals surface area contributed by atoms with Gasteiger partial charge in [-0.15, -0.1) is 0 Å². The Balaban J connectivity index is 2.57. The first-order chi connectivity index (χ1) is 10.2. The Morgan fingerprint density at radius 3 is 2.81 bits per heavy atom. The number of carbonyl (C=O) groups excluding carboxylic acids is 1. The smallest absolute Gasteiger partial charge is 0.263 e. The summed E-state index contributed by atoms with van der Waals surface area (Å²) in [6.45, 7) is 1.22. The van der Waals surface area contributed by atoms with Gasteiger partial charge in [0.1, 0.15) is 17.4 Å². The van der Waals surface area contributed by atoms with Crippen molar-refractivity contribution in [2.24, 2.45) is 0 Å². The molecule has 0 aromatic heterocycles. The maximum absolute atomic E-state index is 11.7. The highest BCUT2D eigenvalue weighted by atomic mass is 16.5. The lowest BCUT2D eigenvalue weighted by molar-refractivity contribution is -0.117. The van der Waals surface area contributed by atoms with Crippen LogP contribution in [0.1, 0.15) is 5.56 Å². The van der Waals surface area contributed by atoms with E-state index in [4.69, 9.17) is 14.7 Å². The van der Waals surface area contributed by atoms with Crippen molar-refractivity contribution in [3.63, 3.8) is 0 Å². The number of amides is 1. The van der Waals surface area contributed by atoms with E-state index >= 15 is 0 Å². The Hall–Kier alpha value is -2.52. The molecule has 0 radical (unpaired) electrons. The lowest BCUT2D eigenvalue weighted by Crippen LogP contribution is -2.28. The number of carbonyl (C=O) groups is 1. The van der Waals surface area contributed by atoms with Gasteiger partial charge in [0, 0.05) is 32.0 Å². The minimum atomic E-state index is -0.429. The highest BCUT2D eigenvalue weighted by molar-refractivity contribution is 5.97. The minimum Gasteiger partial charge on any atom is -0.496 e. The van der Waals surface area contributed by atoms with E-state index in [1.54, 1.807) is 14.2 Å². The van der Waals surface area contributed by atoms with Crippen LogP contribution in [0.3, 0.4) is 0 Å². The maximum atomic E-state index is 11.7. The van der Waals surface area contributed by atoms with Crippen LogP contribution < -0.4 is 15.4 Å². The molecule has 1 aromatic rings. The van der Waals surface area contributed by atoms with E-state index in [9.17, 15) is 4.79 Å². The fourth-order valence-electron chi connectivity index (χ4n) is 1.62. The van der Waals surface area contributed by atoms with Gasteiger partial charge in [0.25, 0.3) is 5.91 Å². The lowest BCUT2D eigenvalue weighted by Gasteiger charge is -2.08. The molecule has 0 saturated carbocycles. The summed E-state index contributed by atoms with van der Waals surface area (Å²) in [5.74, 6) is 0.323. The first kappa shape index (κ1) is 16.5. The molecular weight excluding hydrogens is 270 g/mol. The molecule has 112 valence electrons. The Bertz CT molecular complexity index is 535. The second kappa shape index (κ2) is 9.39. The average Bonchev–Trinajstić information content (AvgIpc) is 2.52. The van der Waals surface area contributed by atoms with E-state index in [0.717, 1.165) is 11.3 Å². The number of nitriles is 1. The van der Waals surface area contributed by atoms with Gasteiger partial charge in [-0.05, 0) is 6.07 Å². The fraction of sp³-hybridized carbons (Fsp3) is 0.333. The number of methoxy groups -OCH3 is 2. The van der Waals surface area contributed by atoms with Crippen LogP contribution >= 0.6 is 0 Å². The molecule has 2 N–H and O–H groups in total. The molecule has 0 bridgehead atoms. The number of hydrogen-bond donors (Lipinski definition) is 2. The Morgan fingerprint density at radius 2 is 2.14 bits per heavy atom. The van der Waals surface area contributed by atoms with Crippen LogP contribution in [0, 0.1) is 11.3 Å². The summed E-state index contributed by atoms with van der Waals surface area (Å²) in [6.07, 6.45) is 1.40.